The van der Waals surface area contributed by atoms with Gasteiger partial charge in [0.2, 0.25) is 0 Å². The molecule has 90 valence electrons. The third-order valence-corrected chi connectivity index (χ3v) is 2.18. The molecule has 0 amide bonds. The summed E-state index contributed by atoms with van der Waals surface area (Å²) in [5, 5.41) is 26.3. The highest BCUT2D eigenvalue weighted by atomic mass is 17.1. The minimum absolute atomic E-state index is 0.254. The predicted octanol–water partition coefficient (Wildman–Crippen LogP) is 0.843. The number of unbranched alkanes of at least 4 members (excludes halogenated alkanes) is 2. The lowest BCUT2D eigenvalue weighted by Crippen LogP contribution is -2.41. The second kappa shape index (κ2) is 8.75. The summed E-state index contributed by atoms with van der Waals surface area (Å²) in [6, 6.07) is 0. The zero-order chi connectivity index (χ0) is 11.7. The van der Waals surface area contributed by atoms with Crippen LogP contribution < -0.4 is 0 Å². The Morgan fingerprint density at radius 3 is 2.33 bits per heavy atom. The summed E-state index contributed by atoms with van der Waals surface area (Å²) in [5.41, 5.74) is 0. The molecule has 6 heteroatoms. The third-order valence-electron chi connectivity index (χ3n) is 2.18. The molecule has 0 aliphatic heterocycles. The van der Waals surface area contributed by atoms with Gasteiger partial charge < -0.3 is 9.90 Å². The molecule has 0 aromatic heterocycles. The SMILES string of the molecule is CCCCCC(O)C(OO)C(C=O)OO. The van der Waals surface area contributed by atoms with E-state index in [0.717, 1.165) is 19.3 Å². The second-order valence-electron chi connectivity index (χ2n) is 3.34. The second-order valence-corrected chi connectivity index (χ2v) is 3.34. The van der Waals surface area contributed by atoms with Crippen LogP contribution in [0, 0.1) is 0 Å². The number of hydrogen-bond acceptors (Lipinski definition) is 6. The van der Waals surface area contributed by atoms with Crippen LogP contribution in [0.15, 0.2) is 0 Å². The van der Waals surface area contributed by atoms with E-state index < -0.39 is 18.3 Å². The maximum absolute atomic E-state index is 10.4. The van der Waals surface area contributed by atoms with Crippen LogP contribution in [0.2, 0.25) is 0 Å². The molecule has 0 saturated carbocycles. The van der Waals surface area contributed by atoms with Gasteiger partial charge in [-0.15, -0.1) is 0 Å². The topological polar surface area (TPSA) is 96.2 Å². The number of hydrogen-bond donors (Lipinski definition) is 3. The van der Waals surface area contributed by atoms with E-state index in [1.54, 1.807) is 0 Å². The molecule has 0 aliphatic carbocycles. The molecule has 6 nitrogen and oxygen atoms in total. The summed E-state index contributed by atoms with van der Waals surface area (Å²) >= 11 is 0. The van der Waals surface area contributed by atoms with Crippen LogP contribution >= 0.6 is 0 Å². The molecule has 0 heterocycles. The van der Waals surface area contributed by atoms with Crippen molar-refractivity contribution in [2.45, 2.75) is 50.9 Å². The Morgan fingerprint density at radius 2 is 1.93 bits per heavy atom. The molecule has 15 heavy (non-hydrogen) atoms. The van der Waals surface area contributed by atoms with E-state index in [1.165, 1.54) is 0 Å². The zero-order valence-electron chi connectivity index (χ0n) is 8.70. The number of rotatable bonds is 9. The number of aliphatic hydroxyl groups excluding tert-OH is 1. The van der Waals surface area contributed by atoms with E-state index in [-0.39, 0.29) is 6.29 Å². The normalized spacial score (nSPS) is 17.1. The van der Waals surface area contributed by atoms with Crippen molar-refractivity contribution in [3.63, 3.8) is 0 Å². The summed E-state index contributed by atoms with van der Waals surface area (Å²) in [6.45, 7) is 2.01. The summed E-state index contributed by atoms with van der Waals surface area (Å²) in [5.74, 6) is 0. The number of aliphatic hydroxyl groups is 1. The zero-order valence-corrected chi connectivity index (χ0v) is 8.70. The largest absolute Gasteiger partial charge is 0.390 e. The fourth-order valence-electron chi connectivity index (χ4n) is 1.28. The molecule has 0 spiro atoms. The minimum atomic E-state index is -1.38. The molecule has 3 N–H and O–H groups in total. The Labute approximate surface area is 88.3 Å². The maximum atomic E-state index is 10.4. The van der Waals surface area contributed by atoms with E-state index in [0.29, 0.717) is 6.42 Å². The Balaban J connectivity index is 4.07. The molecule has 0 saturated heterocycles. The Bertz CT molecular complexity index is 163. The highest BCUT2D eigenvalue weighted by molar-refractivity contribution is 5.57. The lowest BCUT2D eigenvalue weighted by Gasteiger charge is -2.22. The van der Waals surface area contributed by atoms with E-state index >= 15 is 0 Å². The average molecular weight is 222 g/mol. The summed E-state index contributed by atoms with van der Waals surface area (Å²) in [6.07, 6.45) is -0.406. The van der Waals surface area contributed by atoms with Crippen LogP contribution in [-0.4, -0.2) is 40.2 Å². The van der Waals surface area contributed by atoms with Gasteiger partial charge in [-0.1, -0.05) is 26.2 Å². The van der Waals surface area contributed by atoms with Crippen LogP contribution in [0.3, 0.4) is 0 Å². The Kier molecular flexibility index (Phi) is 8.44. The van der Waals surface area contributed by atoms with Gasteiger partial charge in [0.1, 0.15) is 0 Å². The van der Waals surface area contributed by atoms with E-state index in [1.807, 2.05) is 6.92 Å². The first-order valence-corrected chi connectivity index (χ1v) is 4.95. The van der Waals surface area contributed by atoms with Crippen molar-refractivity contribution in [1.82, 2.24) is 0 Å². The minimum Gasteiger partial charge on any atom is -0.390 e. The molecule has 0 radical (unpaired) electrons. The first-order chi connectivity index (χ1) is 7.21. The van der Waals surface area contributed by atoms with E-state index in [2.05, 4.69) is 9.78 Å². The van der Waals surface area contributed by atoms with Crippen LogP contribution in [0.25, 0.3) is 0 Å². The summed E-state index contributed by atoms with van der Waals surface area (Å²) in [4.78, 5) is 18.1. The number of carbonyl (C=O) groups excluding carboxylic acids is 1. The number of carbonyl (C=O) groups is 1. The standard InChI is InChI=1S/C9H18O6/c1-2-3-4-5-7(11)9(15-13)8(6-10)14-12/h6-9,11-13H,2-5H2,1H3. The molecule has 3 unspecified atom stereocenters. The van der Waals surface area contributed by atoms with Crippen molar-refractivity contribution in [2.75, 3.05) is 0 Å². The van der Waals surface area contributed by atoms with Crippen LogP contribution in [0.5, 0.6) is 0 Å². The monoisotopic (exact) mass is 222 g/mol. The smallest absolute Gasteiger partial charge is 0.179 e. The first-order valence-electron chi connectivity index (χ1n) is 4.95. The molecule has 0 rings (SSSR count). The summed E-state index contributed by atoms with van der Waals surface area (Å²) in [7, 11) is 0. The Hall–Kier alpha value is -0.530. The van der Waals surface area contributed by atoms with Gasteiger partial charge in [0, 0.05) is 0 Å². The van der Waals surface area contributed by atoms with Gasteiger partial charge in [-0.05, 0) is 6.42 Å². The molecule has 0 fully saturated rings. The van der Waals surface area contributed by atoms with Crippen LogP contribution in [-0.2, 0) is 14.6 Å². The van der Waals surface area contributed by atoms with Crippen molar-refractivity contribution in [3.8, 4) is 0 Å². The predicted molar refractivity (Wildman–Crippen MR) is 51.2 cm³/mol. The number of aldehydes is 1. The molecule has 0 aromatic rings. The third kappa shape index (κ3) is 5.19. The lowest BCUT2D eigenvalue weighted by molar-refractivity contribution is -0.357. The van der Waals surface area contributed by atoms with Gasteiger partial charge in [-0.25, -0.2) is 9.78 Å². The highest BCUT2D eigenvalue weighted by Gasteiger charge is 2.30. The highest BCUT2D eigenvalue weighted by Crippen LogP contribution is 2.12. The lowest BCUT2D eigenvalue weighted by atomic mass is 10.0. The summed E-state index contributed by atoms with van der Waals surface area (Å²) < 4.78 is 0. The van der Waals surface area contributed by atoms with Crippen molar-refractivity contribution < 1.29 is 30.2 Å². The van der Waals surface area contributed by atoms with Crippen molar-refractivity contribution in [2.24, 2.45) is 0 Å². The van der Waals surface area contributed by atoms with Crippen molar-refractivity contribution in [3.05, 3.63) is 0 Å². The van der Waals surface area contributed by atoms with Gasteiger partial charge in [0.15, 0.2) is 18.5 Å². The average Bonchev–Trinajstić information content (AvgIpc) is 2.25. The fraction of sp³-hybridized carbons (Fsp3) is 0.889. The molecule has 0 aromatic carbocycles. The molecule has 0 aliphatic rings. The van der Waals surface area contributed by atoms with Crippen molar-refractivity contribution in [1.29, 1.82) is 0 Å². The fourth-order valence-corrected chi connectivity index (χ4v) is 1.28. The van der Waals surface area contributed by atoms with E-state index in [4.69, 9.17) is 10.5 Å². The maximum Gasteiger partial charge on any atom is 0.179 e. The quantitative estimate of drug-likeness (QED) is 0.231. The molecular formula is C9H18O6. The van der Waals surface area contributed by atoms with Gasteiger partial charge in [-0.3, -0.25) is 10.5 Å². The Morgan fingerprint density at radius 1 is 1.27 bits per heavy atom. The van der Waals surface area contributed by atoms with E-state index in [9.17, 15) is 9.90 Å². The van der Waals surface area contributed by atoms with Gasteiger partial charge >= 0.3 is 0 Å². The van der Waals surface area contributed by atoms with Gasteiger partial charge in [0.25, 0.3) is 0 Å². The van der Waals surface area contributed by atoms with Crippen LogP contribution in [0.4, 0.5) is 0 Å². The molecular weight excluding hydrogens is 204 g/mol. The van der Waals surface area contributed by atoms with Gasteiger partial charge in [0.05, 0.1) is 6.10 Å². The van der Waals surface area contributed by atoms with Crippen molar-refractivity contribution >= 4 is 6.29 Å². The first kappa shape index (κ1) is 14.5. The van der Waals surface area contributed by atoms with Gasteiger partial charge in [-0.2, -0.15) is 0 Å². The molecule has 0 bridgehead atoms. The van der Waals surface area contributed by atoms with Crippen LogP contribution in [0.1, 0.15) is 32.6 Å². The molecule has 3 atom stereocenters.